The number of likely N-dealkylation sites (N-methyl/N-ethyl adjacent to an activating group) is 1. The number of carbonyl (C=O) groups excluding carboxylic acids is 3. The van der Waals surface area contributed by atoms with Gasteiger partial charge in [0, 0.05) is 36.6 Å². The second-order valence-electron chi connectivity index (χ2n) is 7.18. The summed E-state index contributed by atoms with van der Waals surface area (Å²) < 4.78 is 26.1. The van der Waals surface area contributed by atoms with Gasteiger partial charge < -0.3 is 10.2 Å². The van der Waals surface area contributed by atoms with Crippen LogP contribution in [0.25, 0.3) is 0 Å². The molecule has 1 heterocycles. The highest BCUT2D eigenvalue weighted by Crippen LogP contribution is 2.30. The van der Waals surface area contributed by atoms with Crippen molar-refractivity contribution in [3.05, 3.63) is 63.6 Å². The summed E-state index contributed by atoms with van der Waals surface area (Å²) in [7, 11) is -2.58. The Morgan fingerprint density at radius 2 is 1.84 bits per heavy atom. The fourth-order valence-electron chi connectivity index (χ4n) is 3.42. The van der Waals surface area contributed by atoms with E-state index in [0.29, 0.717) is 19.9 Å². The van der Waals surface area contributed by atoms with Gasteiger partial charge in [0.25, 0.3) is 15.9 Å². The van der Waals surface area contributed by atoms with Crippen molar-refractivity contribution in [1.29, 1.82) is 0 Å². The molecule has 2 aromatic carbocycles. The Labute approximate surface area is 196 Å². The zero-order chi connectivity index (χ0) is 23.6. The minimum atomic E-state index is -4.03. The molecule has 8 nitrogen and oxygen atoms in total. The molecule has 3 amide bonds. The summed E-state index contributed by atoms with van der Waals surface area (Å²) >= 11 is 12.2. The number of halogens is 2. The van der Waals surface area contributed by atoms with E-state index in [9.17, 15) is 22.8 Å². The summed E-state index contributed by atoms with van der Waals surface area (Å²) in [6, 6.07) is 9.81. The lowest BCUT2D eigenvalue weighted by Crippen LogP contribution is -2.47. The fourth-order valence-corrected chi connectivity index (χ4v) is 5.46. The highest BCUT2D eigenvalue weighted by Gasteiger charge is 2.41. The Morgan fingerprint density at radius 3 is 2.47 bits per heavy atom. The molecule has 0 saturated carbocycles. The average Bonchev–Trinajstić information content (AvgIpc) is 2.96. The summed E-state index contributed by atoms with van der Waals surface area (Å²) in [5.74, 6) is -1.59. The molecule has 0 radical (unpaired) electrons. The molecule has 1 aliphatic heterocycles. The van der Waals surface area contributed by atoms with Crippen LogP contribution in [-0.2, 0) is 26.2 Å². The van der Waals surface area contributed by atoms with E-state index < -0.39 is 33.8 Å². The van der Waals surface area contributed by atoms with E-state index in [1.807, 2.05) is 0 Å². The quantitative estimate of drug-likeness (QED) is 0.633. The molecule has 170 valence electrons. The van der Waals surface area contributed by atoms with Crippen molar-refractivity contribution in [2.45, 2.75) is 30.8 Å². The lowest BCUT2D eigenvalue weighted by atomic mass is 10.1. The van der Waals surface area contributed by atoms with E-state index in [1.165, 1.54) is 36.2 Å². The molecule has 2 aromatic rings. The van der Waals surface area contributed by atoms with E-state index >= 15 is 0 Å². The van der Waals surface area contributed by atoms with E-state index in [0.717, 1.165) is 0 Å². The van der Waals surface area contributed by atoms with Crippen LogP contribution in [0, 0.1) is 0 Å². The van der Waals surface area contributed by atoms with E-state index in [-0.39, 0.29) is 30.0 Å². The Hall–Kier alpha value is -2.62. The van der Waals surface area contributed by atoms with Crippen molar-refractivity contribution in [2.24, 2.45) is 0 Å². The van der Waals surface area contributed by atoms with Crippen molar-refractivity contribution in [2.75, 3.05) is 13.6 Å². The van der Waals surface area contributed by atoms with Gasteiger partial charge in [0.2, 0.25) is 11.8 Å². The van der Waals surface area contributed by atoms with Crippen molar-refractivity contribution in [1.82, 2.24) is 14.5 Å². The fraction of sp³-hybridized carbons (Fsp3) is 0.286. The van der Waals surface area contributed by atoms with Gasteiger partial charge in [-0.15, -0.1) is 0 Å². The third-order valence-corrected chi connectivity index (χ3v) is 7.64. The predicted octanol–water partition coefficient (Wildman–Crippen LogP) is 2.69. The first kappa shape index (κ1) is 24.0. The molecule has 32 heavy (non-hydrogen) atoms. The molecule has 3 rings (SSSR count). The lowest BCUT2D eigenvalue weighted by molar-refractivity contribution is -0.140. The van der Waals surface area contributed by atoms with Crippen LogP contribution < -0.4 is 5.32 Å². The molecule has 0 spiro atoms. The number of carbonyl (C=O) groups is 3. The maximum Gasteiger partial charge on any atom is 0.269 e. The van der Waals surface area contributed by atoms with Gasteiger partial charge in [-0.2, -0.15) is 0 Å². The molecule has 11 heteroatoms. The standard InChI is InChI=1S/C21H21Cl2N3O5S/c1-13(20(28)24-2)25(12-14-7-8-15(22)11-17(14)23)19(27)9-10-26-21(29)16-5-3-4-6-18(16)32(26,30)31/h3-8,11,13H,9-10,12H2,1-2H3,(H,24,28). The zero-order valence-corrected chi connectivity index (χ0v) is 19.7. The number of nitrogens with one attached hydrogen (secondary N) is 1. The van der Waals surface area contributed by atoms with Crippen LogP contribution in [0.4, 0.5) is 0 Å². The topological polar surface area (TPSA) is 104 Å². The number of fused-ring (bicyclic) bond motifs is 1. The monoisotopic (exact) mass is 497 g/mol. The smallest absolute Gasteiger partial charge is 0.269 e. The first-order chi connectivity index (χ1) is 15.1. The Balaban J connectivity index is 1.81. The minimum Gasteiger partial charge on any atom is -0.357 e. The Bertz CT molecular complexity index is 1190. The number of nitrogens with zero attached hydrogens (tertiary/aromatic N) is 2. The van der Waals surface area contributed by atoms with Crippen LogP contribution >= 0.6 is 23.2 Å². The van der Waals surface area contributed by atoms with Crippen LogP contribution in [0.3, 0.4) is 0 Å². The van der Waals surface area contributed by atoms with E-state index in [1.54, 1.807) is 25.1 Å². The van der Waals surface area contributed by atoms with Gasteiger partial charge in [-0.3, -0.25) is 14.4 Å². The van der Waals surface area contributed by atoms with Crippen molar-refractivity contribution in [3.63, 3.8) is 0 Å². The molecule has 0 aliphatic carbocycles. The van der Waals surface area contributed by atoms with Gasteiger partial charge in [0.15, 0.2) is 0 Å². The van der Waals surface area contributed by atoms with E-state index in [4.69, 9.17) is 23.2 Å². The number of rotatable bonds is 7. The van der Waals surface area contributed by atoms with Crippen LogP contribution in [-0.4, -0.2) is 55.0 Å². The molecule has 1 aliphatic rings. The number of hydrogen-bond donors (Lipinski definition) is 1. The molecule has 0 bridgehead atoms. The predicted molar refractivity (Wildman–Crippen MR) is 120 cm³/mol. The summed E-state index contributed by atoms with van der Waals surface area (Å²) in [5, 5.41) is 3.24. The number of sulfonamides is 1. The van der Waals surface area contributed by atoms with Crippen molar-refractivity contribution in [3.8, 4) is 0 Å². The van der Waals surface area contributed by atoms with Gasteiger partial charge in [-0.05, 0) is 36.8 Å². The molecule has 0 saturated heterocycles. The summed E-state index contributed by atoms with van der Waals surface area (Å²) in [4.78, 5) is 39.1. The summed E-state index contributed by atoms with van der Waals surface area (Å²) in [6.45, 7) is 1.21. The molecule has 1 unspecified atom stereocenters. The first-order valence-electron chi connectivity index (χ1n) is 9.69. The first-order valence-corrected chi connectivity index (χ1v) is 11.9. The van der Waals surface area contributed by atoms with Crippen molar-refractivity contribution >= 4 is 50.9 Å². The largest absolute Gasteiger partial charge is 0.357 e. The molecule has 0 aromatic heterocycles. The maximum atomic E-state index is 13.1. The summed E-state index contributed by atoms with van der Waals surface area (Å²) in [5.41, 5.74) is 0.640. The second kappa shape index (κ2) is 9.48. The normalized spacial score (nSPS) is 15.2. The zero-order valence-electron chi connectivity index (χ0n) is 17.3. The maximum absolute atomic E-state index is 13.1. The number of benzene rings is 2. The van der Waals surface area contributed by atoms with Gasteiger partial charge in [0.1, 0.15) is 10.9 Å². The Morgan fingerprint density at radius 1 is 1.16 bits per heavy atom. The molecular weight excluding hydrogens is 477 g/mol. The minimum absolute atomic E-state index is 0.00431. The van der Waals surface area contributed by atoms with Crippen molar-refractivity contribution < 1.29 is 22.8 Å². The third-order valence-electron chi connectivity index (χ3n) is 5.21. The van der Waals surface area contributed by atoms with E-state index in [2.05, 4.69) is 5.32 Å². The molecule has 1 atom stereocenters. The van der Waals surface area contributed by atoms with Crippen LogP contribution in [0.15, 0.2) is 47.4 Å². The number of hydrogen-bond acceptors (Lipinski definition) is 5. The lowest BCUT2D eigenvalue weighted by Gasteiger charge is -2.29. The van der Waals surface area contributed by atoms with Crippen LogP contribution in [0.5, 0.6) is 0 Å². The Kier molecular flexibility index (Phi) is 7.12. The second-order valence-corrected chi connectivity index (χ2v) is 9.85. The highest BCUT2D eigenvalue weighted by molar-refractivity contribution is 7.90. The van der Waals surface area contributed by atoms with Gasteiger partial charge in [-0.1, -0.05) is 41.4 Å². The SMILES string of the molecule is CNC(=O)C(C)N(Cc1ccc(Cl)cc1Cl)C(=O)CCN1C(=O)c2ccccc2S1(=O)=O. The van der Waals surface area contributed by atoms with Crippen LogP contribution in [0.1, 0.15) is 29.3 Å². The highest BCUT2D eigenvalue weighted by atomic mass is 35.5. The molecule has 0 fully saturated rings. The van der Waals surface area contributed by atoms with Gasteiger partial charge in [0.05, 0.1) is 5.56 Å². The molecular formula is C21H21Cl2N3O5S. The summed E-state index contributed by atoms with van der Waals surface area (Å²) in [6.07, 6.45) is -0.300. The average molecular weight is 498 g/mol. The third kappa shape index (κ3) is 4.60. The van der Waals surface area contributed by atoms with Crippen LogP contribution in [0.2, 0.25) is 10.0 Å². The van der Waals surface area contributed by atoms with Gasteiger partial charge in [-0.25, -0.2) is 12.7 Å². The van der Waals surface area contributed by atoms with Gasteiger partial charge >= 0.3 is 0 Å². The molecule has 1 N–H and O–H groups in total. The number of amides is 3.